The van der Waals surface area contributed by atoms with Gasteiger partial charge >= 0.3 is 0 Å². The highest BCUT2D eigenvalue weighted by Gasteiger charge is 2.10. The van der Waals surface area contributed by atoms with Gasteiger partial charge < -0.3 is 4.74 Å². The molecule has 0 aliphatic rings. The van der Waals surface area contributed by atoms with E-state index in [4.69, 9.17) is 4.74 Å². The van der Waals surface area contributed by atoms with Gasteiger partial charge in [-0.05, 0) is 42.8 Å². The molecule has 0 spiro atoms. The SMILES string of the molecule is COc1ccc(-c2nnc3cc(C)c(C=O)cn23)cc1. The minimum absolute atomic E-state index is 0.632. The molecule has 3 rings (SSSR count). The molecule has 0 radical (unpaired) electrons. The van der Waals surface area contributed by atoms with Gasteiger partial charge in [-0.3, -0.25) is 9.20 Å². The van der Waals surface area contributed by atoms with Gasteiger partial charge in [-0.2, -0.15) is 0 Å². The molecule has 5 nitrogen and oxygen atoms in total. The number of ether oxygens (including phenoxy) is 1. The molecular formula is C15H13N3O2. The maximum Gasteiger partial charge on any atom is 0.168 e. The first-order valence-electron chi connectivity index (χ1n) is 6.18. The van der Waals surface area contributed by atoms with E-state index in [1.165, 1.54) is 0 Å². The largest absolute Gasteiger partial charge is 0.497 e. The molecular weight excluding hydrogens is 254 g/mol. The quantitative estimate of drug-likeness (QED) is 0.684. The summed E-state index contributed by atoms with van der Waals surface area (Å²) in [6, 6.07) is 9.41. The Bertz CT molecular complexity index is 776. The van der Waals surface area contributed by atoms with E-state index in [-0.39, 0.29) is 0 Å². The van der Waals surface area contributed by atoms with Crippen molar-refractivity contribution in [3.63, 3.8) is 0 Å². The fraction of sp³-hybridized carbons (Fsp3) is 0.133. The predicted molar refractivity (Wildman–Crippen MR) is 75.1 cm³/mol. The number of fused-ring (bicyclic) bond motifs is 1. The first kappa shape index (κ1) is 12.3. The van der Waals surface area contributed by atoms with E-state index in [9.17, 15) is 4.79 Å². The zero-order chi connectivity index (χ0) is 14.1. The van der Waals surface area contributed by atoms with E-state index in [1.54, 1.807) is 13.3 Å². The van der Waals surface area contributed by atoms with Gasteiger partial charge in [0.05, 0.1) is 7.11 Å². The molecule has 0 saturated heterocycles. The predicted octanol–water partition coefficient (Wildman–Crippen LogP) is 2.53. The van der Waals surface area contributed by atoms with Crippen molar-refractivity contribution in [2.45, 2.75) is 6.92 Å². The number of pyridine rings is 1. The fourth-order valence-corrected chi connectivity index (χ4v) is 2.11. The van der Waals surface area contributed by atoms with Crippen molar-refractivity contribution in [3.8, 4) is 17.1 Å². The molecule has 2 aromatic heterocycles. The third-order valence-electron chi connectivity index (χ3n) is 3.27. The van der Waals surface area contributed by atoms with Crippen LogP contribution in [0.5, 0.6) is 5.75 Å². The summed E-state index contributed by atoms with van der Waals surface area (Å²) in [4.78, 5) is 11.1. The van der Waals surface area contributed by atoms with Crippen LogP contribution in [0, 0.1) is 6.92 Å². The van der Waals surface area contributed by atoms with Crippen LogP contribution >= 0.6 is 0 Å². The highest BCUT2D eigenvalue weighted by atomic mass is 16.5. The Kier molecular flexibility index (Phi) is 2.95. The monoisotopic (exact) mass is 267 g/mol. The van der Waals surface area contributed by atoms with Crippen LogP contribution in [0.4, 0.5) is 0 Å². The Morgan fingerprint density at radius 2 is 1.95 bits per heavy atom. The number of benzene rings is 1. The average Bonchev–Trinajstić information content (AvgIpc) is 2.89. The number of hydrogen-bond acceptors (Lipinski definition) is 4. The Morgan fingerprint density at radius 1 is 1.20 bits per heavy atom. The molecule has 5 heteroatoms. The van der Waals surface area contributed by atoms with Crippen molar-refractivity contribution < 1.29 is 9.53 Å². The molecule has 2 heterocycles. The van der Waals surface area contributed by atoms with Crippen LogP contribution in [-0.2, 0) is 0 Å². The molecule has 3 aromatic rings. The minimum atomic E-state index is 0.632. The second-order valence-electron chi connectivity index (χ2n) is 4.51. The summed E-state index contributed by atoms with van der Waals surface area (Å²) in [5, 5.41) is 8.33. The van der Waals surface area contributed by atoms with Gasteiger partial charge in [-0.15, -0.1) is 10.2 Å². The normalized spacial score (nSPS) is 10.7. The Hall–Kier alpha value is -2.69. The van der Waals surface area contributed by atoms with E-state index in [0.717, 1.165) is 28.8 Å². The average molecular weight is 267 g/mol. The van der Waals surface area contributed by atoms with Gasteiger partial charge in [0.15, 0.2) is 17.8 Å². The summed E-state index contributed by atoms with van der Waals surface area (Å²) in [5.74, 6) is 1.48. The lowest BCUT2D eigenvalue weighted by Crippen LogP contribution is -1.95. The Morgan fingerprint density at radius 3 is 2.60 bits per heavy atom. The molecule has 0 bridgehead atoms. The number of aromatic nitrogens is 3. The third kappa shape index (κ3) is 1.93. The molecule has 0 saturated carbocycles. The summed E-state index contributed by atoms with van der Waals surface area (Å²) in [6.07, 6.45) is 2.60. The van der Waals surface area contributed by atoms with Crippen LogP contribution in [0.25, 0.3) is 17.0 Å². The van der Waals surface area contributed by atoms with Crippen molar-refractivity contribution in [2.24, 2.45) is 0 Å². The lowest BCUT2D eigenvalue weighted by atomic mass is 10.1. The molecule has 0 unspecified atom stereocenters. The molecule has 0 amide bonds. The fourth-order valence-electron chi connectivity index (χ4n) is 2.11. The van der Waals surface area contributed by atoms with Crippen LogP contribution < -0.4 is 4.74 Å². The highest BCUT2D eigenvalue weighted by molar-refractivity contribution is 5.78. The maximum atomic E-state index is 11.1. The zero-order valence-corrected chi connectivity index (χ0v) is 11.2. The van der Waals surface area contributed by atoms with E-state index in [2.05, 4.69) is 10.2 Å². The van der Waals surface area contributed by atoms with Crippen LogP contribution in [0.2, 0.25) is 0 Å². The topological polar surface area (TPSA) is 56.5 Å². The van der Waals surface area contributed by atoms with Crippen molar-refractivity contribution in [1.29, 1.82) is 0 Å². The van der Waals surface area contributed by atoms with E-state index < -0.39 is 0 Å². The first-order valence-corrected chi connectivity index (χ1v) is 6.18. The molecule has 20 heavy (non-hydrogen) atoms. The van der Waals surface area contributed by atoms with Gasteiger partial charge in [-0.1, -0.05) is 0 Å². The summed E-state index contributed by atoms with van der Waals surface area (Å²) in [5.41, 5.74) is 3.16. The number of rotatable bonds is 3. The number of carbonyl (C=O) groups is 1. The number of carbonyl (C=O) groups excluding carboxylic acids is 1. The second kappa shape index (κ2) is 4.77. The molecule has 0 aliphatic carbocycles. The van der Waals surface area contributed by atoms with Crippen LogP contribution in [0.15, 0.2) is 36.5 Å². The molecule has 1 aromatic carbocycles. The van der Waals surface area contributed by atoms with Crippen molar-refractivity contribution in [2.75, 3.05) is 7.11 Å². The maximum absolute atomic E-state index is 11.1. The molecule has 0 atom stereocenters. The minimum Gasteiger partial charge on any atom is -0.497 e. The lowest BCUT2D eigenvalue weighted by molar-refractivity contribution is 0.112. The third-order valence-corrected chi connectivity index (χ3v) is 3.27. The van der Waals surface area contributed by atoms with Crippen molar-refractivity contribution in [3.05, 3.63) is 47.7 Å². The van der Waals surface area contributed by atoms with Crippen LogP contribution in [0.3, 0.4) is 0 Å². The lowest BCUT2D eigenvalue weighted by Gasteiger charge is -2.04. The summed E-state index contributed by atoms with van der Waals surface area (Å²) in [6.45, 7) is 1.88. The van der Waals surface area contributed by atoms with Gasteiger partial charge in [0, 0.05) is 17.3 Å². The number of hydrogen-bond donors (Lipinski definition) is 0. The van der Waals surface area contributed by atoms with Crippen LogP contribution in [-0.4, -0.2) is 28.0 Å². The van der Waals surface area contributed by atoms with E-state index >= 15 is 0 Å². The standard InChI is InChI=1S/C15H13N3O2/c1-10-7-14-16-17-15(18(14)8-12(10)9-19)11-3-5-13(20-2)6-4-11/h3-9H,1-2H3. The number of aldehydes is 1. The first-order chi connectivity index (χ1) is 9.72. The Balaban J connectivity index is 2.17. The zero-order valence-electron chi connectivity index (χ0n) is 11.2. The summed E-state index contributed by atoms with van der Waals surface area (Å²) in [7, 11) is 1.63. The van der Waals surface area contributed by atoms with Crippen molar-refractivity contribution >= 4 is 11.9 Å². The second-order valence-corrected chi connectivity index (χ2v) is 4.51. The van der Waals surface area contributed by atoms with E-state index in [0.29, 0.717) is 11.4 Å². The summed E-state index contributed by atoms with van der Waals surface area (Å²) < 4.78 is 6.96. The molecule has 0 N–H and O–H groups in total. The molecule has 100 valence electrons. The molecule has 0 aliphatic heterocycles. The number of aryl methyl sites for hydroxylation is 1. The van der Waals surface area contributed by atoms with E-state index in [1.807, 2.05) is 41.7 Å². The van der Waals surface area contributed by atoms with Crippen molar-refractivity contribution in [1.82, 2.24) is 14.6 Å². The highest BCUT2D eigenvalue weighted by Crippen LogP contribution is 2.22. The smallest absolute Gasteiger partial charge is 0.168 e. The summed E-state index contributed by atoms with van der Waals surface area (Å²) >= 11 is 0. The number of methoxy groups -OCH3 is 1. The van der Waals surface area contributed by atoms with Gasteiger partial charge in [0.1, 0.15) is 5.75 Å². The van der Waals surface area contributed by atoms with Gasteiger partial charge in [0.2, 0.25) is 0 Å². The van der Waals surface area contributed by atoms with Gasteiger partial charge in [0.25, 0.3) is 0 Å². The molecule has 0 fully saturated rings. The number of nitrogens with zero attached hydrogens (tertiary/aromatic N) is 3. The Labute approximate surface area is 115 Å². The van der Waals surface area contributed by atoms with Gasteiger partial charge in [-0.25, -0.2) is 0 Å². The van der Waals surface area contributed by atoms with Crippen LogP contribution in [0.1, 0.15) is 15.9 Å².